The quantitative estimate of drug-likeness (QED) is 0.330. The van der Waals surface area contributed by atoms with E-state index in [-0.39, 0.29) is 17.5 Å². The van der Waals surface area contributed by atoms with Crippen LogP contribution in [0.2, 0.25) is 0 Å². The third kappa shape index (κ3) is 7.18. The molecule has 6 nitrogen and oxygen atoms in total. The summed E-state index contributed by atoms with van der Waals surface area (Å²) in [5, 5.41) is 0. The van der Waals surface area contributed by atoms with Crippen LogP contribution in [0.5, 0.6) is 5.75 Å². The van der Waals surface area contributed by atoms with E-state index in [1.165, 1.54) is 11.1 Å². The van der Waals surface area contributed by atoms with E-state index in [0.29, 0.717) is 26.3 Å². The Morgan fingerprint density at radius 3 is 2.38 bits per heavy atom. The van der Waals surface area contributed by atoms with Crippen LogP contribution in [0.4, 0.5) is 0 Å². The van der Waals surface area contributed by atoms with Gasteiger partial charge in [-0.3, -0.25) is 14.7 Å². The summed E-state index contributed by atoms with van der Waals surface area (Å²) in [6.07, 6.45) is 3.36. The van der Waals surface area contributed by atoms with Gasteiger partial charge in [0.1, 0.15) is 11.9 Å². The fourth-order valence-corrected chi connectivity index (χ4v) is 4.75. The molecule has 3 aromatic rings. The highest BCUT2D eigenvalue weighted by Crippen LogP contribution is 2.33. The third-order valence-corrected chi connectivity index (χ3v) is 6.89. The van der Waals surface area contributed by atoms with Gasteiger partial charge in [-0.15, -0.1) is 0 Å². The molecule has 4 rings (SSSR count). The summed E-state index contributed by atoms with van der Waals surface area (Å²) in [4.78, 5) is 21.8. The fourth-order valence-electron chi connectivity index (χ4n) is 4.75. The van der Waals surface area contributed by atoms with Gasteiger partial charge < -0.3 is 14.4 Å². The van der Waals surface area contributed by atoms with Gasteiger partial charge in [0.2, 0.25) is 5.91 Å². The second-order valence-electron chi connectivity index (χ2n) is 10.6. The average molecular weight is 502 g/mol. The zero-order chi connectivity index (χ0) is 26.3. The molecular formula is C31H39N3O3. The molecule has 1 fully saturated rings. The highest BCUT2D eigenvalue weighted by atomic mass is 16.5. The van der Waals surface area contributed by atoms with Crippen molar-refractivity contribution in [3.8, 4) is 5.75 Å². The molecule has 0 saturated carbocycles. The van der Waals surface area contributed by atoms with E-state index < -0.39 is 0 Å². The van der Waals surface area contributed by atoms with Crippen LogP contribution in [0.25, 0.3) is 0 Å². The molecule has 1 atom stereocenters. The highest BCUT2D eigenvalue weighted by molar-refractivity contribution is 5.81. The molecule has 0 aliphatic carbocycles. The van der Waals surface area contributed by atoms with E-state index in [1.54, 1.807) is 13.3 Å². The molecular weight excluding hydrogens is 462 g/mol. The van der Waals surface area contributed by atoms with Gasteiger partial charge in [-0.1, -0.05) is 63.2 Å². The van der Waals surface area contributed by atoms with Crippen LogP contribution in [-0.4, -0.2) is 54.0 Å². The van der Waals surface area contributed by atoms with Crippen molar-refractivity contribution in [2.75, 3.05) is 33.4 Å². The van der Waals surface area contributed by atoms with Gasteiger partial charge in [0.05, 0.1) is 26.0 Å². The SMILES string of the molecule is COc1ccc(CCN2C(=O)CN(CCCOCc3ccccn3)C2c2ccc(C(C)(C)C)cc2)cc1. The van der Waals surface area contributed by atoms with Crippen molar-refractivity contribution >= 4 is 5.91 Å². The Morgan fingerprint density at radius 2 is 1.73 bits per heavy atom. The maximum atomic E-state index is 13.2. The molecule has 0 radical (unpaired) electrons. The van der Waals surface area contributed by atoms with Gasteiger partial charge in [0.25, 0.3) is 0 Å². The van der Waals surface area contributed by atoms with Crippen LogP contribution < -0.4 is 4.74 Å². The first kappa shape index (κ1) is 26.8. The number of carbonyl (C=O) groups excluding carboxylic acids is 1. The molecule has 1 unspecified atom stereocenters. The first-order chi connectivity index (χ1) is 17.8. The zero-order valence-corrected chi connectivity index (χ0v) is 22.5. The number of pyridine rings is 1. The summed E-state index contributed by atoms with van der Waals surface area (Å²) in [5.41, 5.74) is 4.66. The van der Waals surface area contributed by atoms with Crippen LogP contribution >= 0.6 is 0 Å². The smallest absolute Gasteiger partial charge is 0.238 e. The lowest BCUT2D eigenvalue weighted by molar-refractivity contribution is -0.128. The highest BCUT2D eigenvalue weighted by Gasteiger charge is 2.38. The van der Waals surface area contributed by atoms with E-state index in [9.17, 15) is 4.79 Å². The number of hydrogen-bond acceptors (Lipinski definition) is 5. The van der Waals surface area contributed by atoms with Gasteiger partial charge in [-0.2, -0.15) is 0 Å². The number of methoxy groups -OCH3 is 1. The van der Waals surface area contributed by atoms with E-state index in [1.807, 2.05) is 35.2 Å². The lowest BCUT2D eigenvalue weighted by Gasteiger charge is -2.31. The maximum Gasteiger partial charge on any atom is 0.238 e. The molecule has 1 saturated heterocycles. The van der Waals surface area contributed by atoms with Crippen molar-refractivity contribution < 1.29 is 14.3 Å². The molecule has 1 aliphatic heterocycles. The number of rotatable bonds is 11. The first-order valence-corrected chi connectivity index (χ1v) is 13.1. The lowest BCUT2D eigenvalue weighted by atomic mass is 9.86. The molecule has 0 bridgehead atoms. The molecule has 6 heteroatoms. The van der Waals surface area contributed by atoms with Crippen molar-refractivity contribution in [1.82, 2.24) is 14.8 Å². The van der Waals surface area contributed by atoms with Crippen LogP contribution in [-0.2, 0) is 28.0 Å². The molecule has 37 heavy (non-hydrogen) atoms. The summed E-state index contributed by atoms with van der Waals surface area (Å²) in [6, 6.07) is 22.7. The number of carbonyl (C=O) groups is 1. The molecule has 0 N–H and O–H groups in total. The monoisotopic (exact) mass is 501 g/mol. The summed E-state index contributed by atoms with van der Waals surface area (Å²) < 4.78 is 11.1. The minimum absolute atomic E-state index is 0.0736. The van der Waals surface area contributed by atoms with Crippen molar-refractivity contribution in [2.24, 2.45) is 0 Å². The summed E-state index contributed by atoms with van der Waals surface area (Å²) in [5.74, 6) is 1.02. The predicted molar refractivity (Wildman–Crippen MR) is 146 cm³/mol. The number of nitrogens with zero attached hydrogens (tertiary/aromatic N) is 3. The van der Waals surface area contributed by atoms with Crippen molar-refractivity contribution in [1.29, 1.82) is 0 Å². The van der Waals surface area contributed by atoms with Crippen molar-refractivity contribution in [3.05, 3.63) is 95.3 Å². The number of hydrogen-bond donors (Lipinski definition) is 0. The van der Waals surface area contributed by atoms with Crippen LogP contribution in [0.1, 0.15) is 55.7 Å². The van der Waals surface area contributed by atoms with Crippen LogP contribution in [0.3, 0.4) is 0 Å². The van der Waals surface area contributed by atoms with Gasteiger partial charge >= 0.3 is 0 Å². The maximum absolute atomic E-state index is 13.2. The minimum Gasteiger partial charge on any atom is -0.497 e. The molecule has 0 spiro atoms. The zero-order valence-electron chi connectivity index (χ0n) is 22.5. The van der Waals surface area contributed by atoms with E-state index in [2.05, 4.69) is 67.1 Å². The van der Waals surface area contributed by atoms with Crippen molar-refractivity contribution in [2.45, 2.75) is 51.8 Å². The largest absolute Gasteiger partial charge is 0.497 e. The van der Waals surface area contributed by atoms with Gasteiger partial charge in [0, 0.05) is 25.9 Å². The number of aromatic nitrogens is 1. The topological polar surface area (TPSA) is 54.9 Å². The molecule has 1 aliphatic rings. The second-order valence-corrected chi connectivity index (χ2v) is 10.6. The Kier molecular flexibility index (Phi) is 8.95. The number of benzene rings is 2. The van der Waals surface area contributed by atoms with E-state index in [4.69, 9.17) is 9.47 Å². The van der Waals surface area contributed by atoms with E-state index >= 15 is 0 Å². The molecule has 1 aromatic heterocycles. The average Bonchev–Trinajstić information content (AvgIpc) is 3.22. The Labute approximate surface area is 221 Å². The standard InChI is InChI=1S/C31H39N3O3/c1-31(2,3)26-13-11-25(12-14-26)30-33(19-7-21-37-23-27-8-5-6-18-32-27)22-29(35)34(30)20-17-24-9-15-28(36-4)16-10-24/h5-6,8-16,18,30H,7,17,19-23H2,1-4H3. The van der Waals surface area contributed by atoms with E-state index in [0.717, 1.165) is 36.4 Å². The molecule has 2 aromatic carbocycles. The van der Waals surface area contributed by atoms with Crippen molar-refractivity contribution in [3.63, 3.8) is 0 Å². The number of ether oxygens (including phenoxy) is 2. The predicted octanol–water partition coefficient (Wildman–Crippen LogP) is 5.38. The Hall–Kier alpha value is -3.22. The Bertz CT molecular complexity index is 1130. The summed E-state index contributed by atoms with van der Waals surface area (Å²) in [6.45, 7) is 9.68. The second kappa shape index (κ2) is 12.3. The Balaban J connectivity index is 1.43. The van der Waals surface area contributed by atoms with Gasteiger partial charge in [-0.05, 0) is 59.2 Å². The number of amides is 1. The normalized spacial score (nSPS) is 16.4. The minimum atomic E-state index is -0.0736. The third-order valence-electron chi connectivity index (χ3n) is 6.89. The fraction of sp³-hybridized carbons (Fsp3) is 0.419. The van der Waals surface area contributed by atoms with Gasteiger partial charge in [0.15, 0.2) is 0 Å². The lowest BCUT2D eigenvalue weighted by Crippen LogP contribution is -2.34. The summed E-state index contributed by atoms with van der Waals surface area (Å²) in [7, 11) is 1.67. The molecule has 196 valence electrons. The Morgan fingerprint density at radius 1 is 0.973 bits per heavy atom. The molecule has 1 amide bonds. The van der Waals surface area contributed by atoms with Crippen LogP contribution in [0, 0.1) is 0 Å². The summed E-state index contributed by atoms with van der Waals surface area (Å²) >= 11 is 0. The van der Waals surface area contributed by atoms with Gasteiger partial charge in [-0.25, -0.2) is 0 Å². The first-order valence-electron chi connectivity index (χ1n) is 13.1. The molecule has 2 heterocycles. The van der Waals surface area contributed by atoms with Crippen LogP contribution in [0.15, 0.2) is 72.9 Å².